The van der Waals surface area contributed by atoms with Gasteiger partial charge in [-0.25, -0.2) is 0 Å². The highest BCUT2D eigenvalue weighted by Crippen LogP contribution is 2.53. The van der Waals surface area contributed by atoms with Crippen molar-refractivity contribution >= 4 is 11.4 Å². The van der Waals surface area contributed by atoms with Crippen LogP contribution in [0.25, 0.3) is 0 Å². The maximum Gasteiger partial charge on any atom is 0.0387 e. The molecule has 0 heterocycles. The highest BCUT2D eigenvalue weighted by molar-refractivity contribution is 5.64. The quantitative estimate of drug-likeness (QED) is 0.764. The van der Waals surface area contributed by atoms with Gasteiger partial charge in [-0.2, -0.15) is 0 Å². The van der Waals surface area contributed by atoms with Crippen molar-refractivity contribution in [1.29, 1.82) is 0 Å². The first-order valence-corrected chi connectivity index (χ1v) is 7.98. The van der Waals surface area contributed by atoms with Crippen LogP contribution in [0.1, 0.15) is 30.9 Å². The molecule has 1 nitrogen and oxygen atoms in total. The Bertz CT molecular complexity index is 753. The minimum atomic E-state index is 0.201. The maximum atomic E-state index is 3.51. The van der Waals surface area contributed by atoms with Gasteiger partial charge in [0.1, 0.15) is 0 Å². The predicted octanol–water partition coefficient (Wildman–Crippen LogP) is 5.55. The summed E-state index contributed by atoms with van der Waals surface area (Å²) in [6.45, 7) is 4.73. The number of allylic oxidation sites excluding steroid dienone is 4. The summed E-state index contributed by atoms with van der Waals surface area (Å²) in [4.78, 5) is 0. The van der Waals surface area contributed by atoms with Crippen LogP contribution >= 0.6 is 0 Å². The first-order chi connectivity index (χ1) is 10.7. The molecule has 0 fully saturated rings. The Labute approximate surface area is 132 Å². The number of para-hydroxylation sites is 1. The average Bonchev–Trinajstić information content (AvgIpc) is 2.77. The fraction of sp³-hybridized carbons (Fsp3) is 0.238. The lowest BCUT2D eigenvalue weighted by molar-refractivity contribution is 0.394. The van der Waals surface area contributed by atoms with E-state index in [1.165, 1.54) is 16.8 Å². The van der Waals surface area contributed by atoms with Crippen LogP contribution in [0.2, 0.25) is 0 Å². The first-order valence-electron chi connectivity index (χ1n) is 7.98. The van der Waals surface area contributed by atoms with E-state index in [1.54, 1.807) is 0 Å². The summed E-state index contributed by atoms with van der Waals surface area (Å²) in [6, 6.07) is 17.2. The van der Waals surface area contributed by atoms with Crippen LogP contribution in [0.3, 0.4) is 0 Å². The first kappa shape index (κ1) is 13.4. The molecule has 110 valence electrons. The number of nitrogens with one attached hydrogen (secondary N) is 1. The average molecular weight is 287 g/mol. The van der Waals surface area contributed by atoms with Crippen molar-refractivity contribution in [2.45, 2.75) is 25.2 Å². The number of hydrogen-bond donors (Lipinski definition) is 1. The van der Waals surface area contributed by atoms with E-state index in [9.17, 15) is 0 Å². The molecule has 1 N–H and O–H groups in total. The lowest BCUT2D eigenvalue weighted by Crippen LogP contribution is -2.24. The standard InChI is InChI=1S/C21H21N/c1-21(2)19-11-7-6-10-17(19)18-14-16(12-13-20(18)21)22-15-8-4-3-5-9-15/h3-14,17,19,22H,1-2H3. The van der Waals surface area contributed by atoms with E-state index in [0.717, 1.165) is 5.69 Å². The Morgan fingerprint density at radius 2 is 1.64 bits per heavy atom. The van der Waals surface area contributed by atoms with E-state index in [2.05, 4.69) is 85.9 Å². The Kier molecular flexibility index (Phi) is 2.97. The highest BCUT2D eigenvalue weighted by Gasteiger charge is 2.44. The molecule has 2 aromatic carbocycles. The molecule has 4 rings (SSSR count). The van der Waals surface area contributed by atoms with Crippen LogP contribution < -0.4 is 5.32 Å². The minimum Gasteiger partial charge on any atom is -0.356 e. The molecule has 0 aliphatic heterocycles. The van der Waals surface area contributed by atoms with Gasteiger partial charge in [-0.15, -0.1) is 0 Å². The fourth-order valence-electron chi connectivity index (χ4n) is 3.96. The topological polar surface area (TPSA) is 12.0 Å². The smallest absolute Gasteiger partial charge is 0.0387 e. The summed E-state index contributed by atoms with van der Waals surface area (Å²) >= 11 is 0. The Morgan fingerprint density at radius 1 is 0.864 bits per heavy atom. The monoisotopic (exact) mass is 287 g/mol. The molecular weight excluding hydrogens is 266 g/mol. The highest BCUT2D eigenvalue weighted by atomic mass is 14.9. The Balaban J connectivity index is 1.73. The molecule has 2 atom stereocenters. The van der Waals surface area contributed by atoms with Gasteiger partial charge in [-0.1, -0.05) is 62.4 Å². The molecule has 2 aliphatic carbocycles. The van der Waals surface area contributed by atoms with Crippen LogP contribution in [0.5, 0.6) is 0 Å². The normalized spacial score (nSPS) is 23.9. The molecule has 22 heavy (non-hydrogen) atoms. The number of fused-ring (bicyclic) bond motifs is 3. The molecule has 2 unspecified atom stereocenters. The van der Waals surface area contributed by atoms with E-state index in [-0.39, 0.29) is 5.41 Å². The van der Waals surface area contributed by atoms with Gasteiger partial charge in [0.2, 0.25) is 0 Å². The second-order valence-corrected chi connectivity index (χ2v) is 6.84. The summed E-state index contributed by atoms with van der Waals surface area (Å²) in [5.74, 6) is 1.08. The van der Waals surface area contributed by atoms with Crippen molar-refractivity contribution in [3.05, 3.63) is 84.0 Å². The number of anilines is 2. The summed E-state index contributed by atoms with van der Waals surface area (Å²) < 4.78 is 0. The van der Waals surface area contributed by atoms with E-state index >= 15 is 0 Å². The molecule has 2 aliphatic rings. The lowest BCUT2D eigenvalue weighted by Gasteiger charge is -2.29. The molecule has 1 heteroatoms. The maximum absolute atomic E-state index is 3.51. The molecule has 0 saturated heterocycles. The lowest BCUT2D eigenvalue weighted by atomic mass is 9.74. The second kappa shape index (κ2) is 4.88. The third-order valence-electron chi connectivity index (χ3n) is 5.14. The van der Waals surface area contributed by atoms with E-state index in [0.29, 0.717) is 11.8 Å². The van der Waals surface area contributed by atoms with E-state index in [1.807, 2.05) is 6.07 Å². The van der Waals surface area contributed by atoms with E-state index in [4.69, 9.17) is 0 Å². The molecule has 0 amide bonds. The summed E-state index contributed by atoms with van der Waals surface area (Å²) in [5, 5.41) is 3.51. The van der Waals surface area contributed by atoms with Gasteiger partial charge in [0.15, 0.2) is 0 Å². The van der Waals surface area contributed by atoms with Crippen molar-refractivity contribution in [3.63, 3.8) is 0 Å². The van der Waals surface area contributed by atoms with Crippen molar-refractivity contribution < 1.29 is 0 Å². The summed E-state index contributed by atoms with van der Waals surface area (Å²) in [7, 11) is 0. The number of rotatable bonds is 2. The van der Waals surface area contributed by atoms with Crippen molar-refractivity contribution in [2.75, 3.05) is 5.32 Å². The third-order valence-corrected chi connectivity index (χ3v) is 5.14. The van der Waals surface area contributed by atoms with Crippen molar-refractivity contribution in [1.82, 2.24) is 0 Å². The van der Waals surface area contributed by atoms with Crippen molar-refractivity contribution in [2.24, 2.45) is 5.92 Å². The summed E-state index contributed by atoms with van der Waals surface area (Å²) in [5.41, 5.74) is 5.46. The largest absolute Gasteiger partial charge is 0.356 e. The Hall–Kier alpha value is -2.28. The molecule has 0 radical (unpaired) electrons. The number of hydrogen-bond acceptors (Lipinski definition) is 1. The zero-order chi connectivity index (χ0) is 15.2. The van der Waals surface area contributed by atoms with Crippen LogP contribution in [0, 0.1) is 5.92 Å². The van der Waals surface area contributed by atoms with Crippen LogP contribution in [0.4, 0.5) is 11.4 Å². The molecule has 0 spiro atoms. The predicted molar refractivity (Wildman–Crippen MR) is 93.7 cm³/mol. The van der Waals surface area contributed by atoms with Gasteiger partial charge in [0.05, 0.1) is 0 Å². The van der Waals surface area contributed by atoms with Crippen LogP contribution in [0.15, 0.2) is 72.8 Å². The van der Waals surface area contributed by atoms with Gasteiger partial charge in [0, 0.05) is 17.3 Å². The van der Waals surface area contributed by atoms with Crippen molar-refractivity contribution in [3.8, 4) is 0 Å². The van der Waals surface area contributed by atoms with E-state index < -0.39 is 0 Å². The van der Waals surface area contributed by atoms with Crippen LogP contribution in [-0.4, -0.2) is 0 Å². The number of benzene rings is 2. The minimum absolute atomic E-state index is 0.201. The molecule has 0 bridgehead atoms. The third kappa shape index (κ3) is 2.00. The molecule has 2 aromatic rings. The SMILES string of the molecule is CC1(C)c2ccc(Nc3ccccc3)cc2C2C=CC=CC21. The van der Waals surface area contributed by atoms with Gasteiger partial charge in [-0.3, -0.25) is 0 Å². The molecular formula is C21H21N. The molecule has 0 saturated carbocycles. The fourth-order valence-corrected chi connectivity index (χ4v) is 3.96. The van der Waals surface area contributed by atoms with Gasteiger partial charge in [0.25, 0.3) is 0 Å². The zero-order valence-corrected chi connectivity index (χ0v) is 13.1. The second-order valence-electron chi connectivity index (χ2n) is 6.84. The molecule has 0 aromatic heterocycles. The van der Waals surface area contributed by atoms with Gasteiger partial charge in [-0.05, 0) is 46.7 Å². The van der Waals surface area contributed by atoms with Crippen LogP contribution in [-0.2, 0) is 5.41 Å². The van der Waals surface area contributed by atoms with Gasteiger partial charge >= 0.3 is 0 Å². The summed E-state index contributed by atoms with van der Waals surface area (Å²) in [6.07, 6.45) is 9.10. The van der Waals surface area contributed by atoms with Gasteiger partial charge < -0.3 is 5.32 Å². The zero-order valence-electron chi connectivity index (χ0n) is 13.1. The Morgan fingerprint density at radius 3 is 2.45 bits per heavy atom.